The summed E-state index contributed by atoms with van der Waals surface area (Å²) in [6.45, 7) is 15.0. The van der Waals surface area contributed by atoms with E-state index in [2.05, 4.69) is 39.3 Å². The van der Waals surface area contributed by atoms with Gasteiger partial charge in [0.2, 0.25) is 0 Å². The summed E-state index contributed by atoms with van der Waals surface area (Å²) < 4.78 is 52.5. The van der Waals surface area contributed by atoms with E-state index < -0.39 is 15.6 Å². The van der Waals surface area contributed by atoms with Crippen molar-refractivity contribution in [3.05, 3.63) is 89.5 Å². The number of benzene rings is 3. The summed E-state index contributed by atoms with van der Waals surface area (Å²) in [6, 6.07) is 21.6. The molecule has 0 fully saturated rings. The van der Waals surface area contributed by atoms with Crippen LogP contribution in [0.1, 0.15) is 95.8 Å². The number of hydrogen-bond donors (Lipinski definition) is 1. The Kier molecular flexibility index (Phi) is 22.6. The first-order chi connectivity index (χ1) is 23.4. The van der Waals surface area contributed by atoms with Gasteiger partial charge in [-0.05, 0) is 81.8 Å². The van der Waals surface area contributed by atoms with Gasteiger partial charge in [0.1, 0.15) is 17.2 Å². The number of phosphoric acid groups is 2. The molecule has 0 aliphatic heterocycles. The maximum absolute atomic E-state index is 13.3. The zero-order chi connectivity index (χ0) is 36.7. The van der Waals surface area contributed by atoms with E-state index in [1.54, 1.807) is 36.4 Å². The summed E-state index contributed by atoms with van der Waals surface area (Å²) in [5, 5.41) is 0. The SMILES string of the molecule is CCCCC(CC)COP(=O)(O)OCC(CC)CCCC.CCl.Cc1ccc(OP(=O)(Oc2ccc(C)cc2)Oc2ccc(C)cc2)cc1. The number of hydrogen-bond acceptors (Lipinski definition) is 7. The van der Waals surface area contributed by atoms with Crippen molar-refractivity contribution in [3.8, 4) is 17.2 Å². The van der Waals surface area contributed by atoms with Crippen LogP contribution < -0.4 is 13.6 Å². The van der Waals surface area contributed by atoms with Crippen molar-refractivity contribution >= 4 is 27.2 Å². The van der Waals surface area contributed by atoms with Crippen molar-refractivity contribution in [1.82, 2.24) is 0 Å². The van der Waals surface area contributed by atoms with Crippen LogP contribution in [0.3, 0.4) is 0 Å². The Morgan fingerprint density at radius 1 is 0.571 bits per heavy atom. The molecular weight excluding hydrogens is 682 g/mol. The molecule has 0 aromatic heterocycles. The van der Waals surface area contributed by atoms with Gasteiger partial charge in [0.15, 0.2) is 0 Å². The molecule has 1 N–H and O–H groups in total. The summed E-state index contributed by atoms with van der Waals surface area (Å²) in [5.41, 5.74) is 3.23. The summed E-state index contributed by atoms with van der Waals surface area (Å²) in [6.07, 6.45) is 10.0. The van der Waals surface area contributed by atoms with Crippen LogP contribution in [-0.2, 0) is 18.2 Å². The van der Waals surface area contributed by atoms with E-state index >= 15 is 0 Å². The molecule has 0 amide bonds. The van der Waals surface area contributed by atoms with Crippen molar-refractivity contribution in [1.29, 1.82) is 0 Å². The molecule has 3 rings (SSSR count). The monoisotopic (exact) mass is 740 g/mol. The fourth-order valence-electron chi connectivity index (χ4n) is 4.47. The largest absolute Gasteiger partial charge is 0.647 e. The molecule has 0 aliphatic carbocycles. The smallest absolute Gasteiger partial charge is 0.386 e. The maximum Gasteiger partial charge on any atom is 0.647 e. The van der Waals surface area contributed by atoms with Crippen LogP contribution >= 0.6 is 27.2 Å². The van der Waals surface area contributed by atoms with E-state index in [0.717, 1.165) is 68.1 Å². The lowest BCUT2D eigenvalue weighted by Crippen LogP contribution is -2.12. The first kappa shape index (κ1) is 44.7. The van der Waals surface area contributed by atoms with E-state index in [1.807, 2.05) is 57.2 Å². The summed E-state index contributed by atoms with van der Waals surface area (Å²) in [7, 11) is -7.82. The Hall–Kier alpha value is -2.31. The number of aryl methyl sites for hydroxylation is 3. The molecule has 49 heavy (non-hydrogen) atoms. The first-order valence-corrected chi connectivity index (χ1v) is 21.0. The van der Waals surface area contributed by atoms with Crippen LogP contribution in [0.25, 0.3) is 0 Å². The minimum Gasteiger partial charge on any atom is -0.386 e. The van der Waals surface area contributed by atoms with Crippen molar-refractivity contribution < 1.29 is 36.6 Å². The Labute approximate surface area is 301 Å². The van der Waals surface area contributed by atoms with E-state index in [1.165, 1.54) is 6.38 Å². The molecule has 0 saturated carbocycles. The van der Waals surface area contributed by atoms with Crippen molar-refractivity contribution in [3.63, 3.8) is 0 Å². The normalized spacial score (nSPS) is 13.4. The molecule has 2 atom stereocenters. The lowest BCUT2D eigenvalue weighted by molar-refractivity contribution is 0.110. The van der Waals surface area contributed by atoms with Crippen LogP contribution in [0, 0.1) is 32.6 Å². The van der Waals surface area contributed by atoms with Gasteiger partial charge < -0.3 is 18.5 Å². The molecule has 8 nitrogen and oxygen atoms in total. The van der Waals surface area contributed by atoms with E-state index in [4.69, 9.17) is 22.6 Å². The third-order valence-electron chi connectivity index (χ3n) is 7.75. The summed E-state index contributed by atoms with van der Waals surface area (Å²) in [5.74, 6) is 1.93. The molecule has 0 bridgehead atoms. The highest BCUT2D eigenvalue weighted by Gasteiger charge is 2.33. The van der Waals surface area contributed by atoms with Crippen molar-refractivity contribution in [2.75, 3.05) is 19.6 Å². The zero-order valence-corrected chi connectivity index (χ0v) is 33.3. The molecule has 0 aliphatic rings. The third kappa shape index (κ3) is 19.6. The highest BCUT2D eigenvalue weighted by Crippen LogP contribution is 2.50. The number of alkyl halides is 1. The van der Waals surface area contributed by atoms with Gasteiger partial charge in [0.25, 0.3) is 0 Å². The zero-order valence-electron chi connectivity index (χ0n) is 30.7. The minimum atomic E-state index is -3.93. The van der Waals surface area contributed by atoms with Gasteiger partial charge in [0.05, 0.1) is 13.2 Å². The molecule has 0 saturated heterocycles. The highest BCUT2D eigenvalue weighted by molar-refractivity contribution is 7.49. The number of halogens is 1. The predicted octanol–water partition coefficient (Wildman–Crippen LogP) is 12.7. The number of phosphoric ester groups is 2. The van der Waals surface area contributed by atoms with Gasteiger partial charge in [0, 0.05) is 6.38 Å². The molecular formula is C38H59ClO8P2. The van der Waals surface area contributed by atoms with Gasteiger partial charge in [-0.1, -0.05) is 119 Å². The van der Waals surface area contributed by atoms with Crippen LogP contribution in [0.5, 0.6) is 17.2 Å². The molecule has 3 aromatic carbocycles. The average molecular weight is 741 g/mol. The van der Waals surface area contributed by atoms with Gasteiger partial charge in [-0.15, -0.1) is 11.6 Å². The second-order valence-corrected chi connectivity index (χ2v) is 14.9. The lowest BCUT2D eigenvalue weighted by atomic mass is 10.0. The Balaban J connectivity index is 0.000000478. The standard InChI is InChI=1S/C21H21O4P.C16H35O4P.CH3Cl/c1-16-4-10-19(11-5-16)23-26(22,24-20-12-6-17(2)7-13-20)25-21-14-8-18(3)9-15-21;1-5-9-11-15(7-3)13-19-21(17,18)20-14-16(8-4)12-10-6-2;1-2/h4-15H,1-3H3;15-16H,5-14H2,1-4H3,(H,17,18);1H3. The molecule has 3 aromatic rings. The topological polar surface area (TPSA) is 101 Å². The first-order valence-electron chi connectivity index (χ1n) is 17.3. The van der Waals surface area contributed by atoms with Crippen molar-refractivity contribution in [2.24, 2.45) is 11.8 Å². The molecule has 0 spiro atoms. The highest BCUT2D eigenvalue weighted by atomic mass is 35.5. The molecule has 0 radical (unpaired) electrons. The van der Waals surface area contributed by atoms with Gasteiger partial charge in [-0.25, -0.2) is 4.57 Å². The fraction of sp³-hybridized carbons (Fsp3) is 0.526. The fourth-order valence-corrected chi connectivity index (χ4v) is 6.60. The molecule has 0 heterocycles. The quantitative estimate of drug-likeness (QED) is 0.0902. The third-order valence-corrected chi connectivity index (χ3v) is 10.0. The molecule has 11 heteroatoms. The van der Waals surface area contributed by atoms with E-state index in [9.17, 15) is 14.0 Å². The van der Waals surface area contributed by atoms with Gasteiger partial charge >= 0.3 is 15.6 Å². The average Bonchev–Trinajstić information content (AvgIpc) is 3.09. The predicted molar refractivity (Wildman–Crippen MR) is 203 cm³/mol. The maximum atomic E-state index is 13.3. The van der Waals surface area contributed by atoms with Crippen molar-refractivity contribution in [2.45, 2.75) is 99.8 Å². The summed E-state index contributed by atoms with van der Waals surface area (Å²) in [4.78, 5) is 9.77. The number of unbranched alkanes of at least 4 members (excludes halogenated alkanes) is 2. The lowest BCUT2D eigenvalue weighted by Gasteiger charge is -2.20. The summed E-state index contributed by atoms with van der Waals surface area (Å²) >= 11 is 4.64. The Morgan fingerprint density at radius 3 is 1.10 bits per heavy atom. The second kappa shape index (κ2) is 24.8. The van der Waals surface area contributed by atoms with Crippen LogP contribution in [0.2, 0.25) is 0 Å². The van der Waals surface area contributed by atoms with Crippen LogP contribution in [-0.4, -0.2) is 24.5 Å². The minimum absolute atomic E-state index is 0.316. The Bertz CT molecular complexity index is 1220. The molecule has 276 valence electrons. The van der Waals surface area contributed by atoms with Crippen LogP contribution in [0.15, 0.2) is 72.8 Å². The van der Waals surface area contributed by atoms with E-state index in [0.29, 0.717) is 42.3 Å². The van der Waals surface area contributed by atoms with E-state index in [-0.39, 0.29) is 0 Å². The van der Waals surface area contributed by atoms with Crippen LogP contribution in [0.4, 0.5) is 0 Å². The number of rotatable bonds is 20. The van der Waals surface area contributed by atoms with Gasteiger partial charge in [-0.3, -0.25) is 9.05 Å². The molecule has 2 unspecified atom stereocenters. The van der Waals surface area contributed by atoms with Gasteiger partial charge in [-0.2, -0.15) is 4.57 Å². The Morgan fingerprint density at radius 2 is 0.857 bits per heavy atom. The second-order valence-electron chi connectivity index (χ2n) is 12.1.